The smallest absolute Gasteiger partial charge is 0.119 e. The molecule has 3 nitrogen and oxygen atoms in total. The molecular formula is C15H26N2O. The third-order valence-corrected chi connectivity index (χ3v) is 3.02. The predicted molar refractivity (Wildman–Crippen MR) is 78.6 cm³/mol. The lowest BCUT2D eigenvalue weighted by Gasteiger charge is -2.24. The van der Waals surface area contributed by atoms with Gasteiger partial charge in [0.05, 0.1) is 7.11 Å². The Morgan fingerprint density at radius 2 is 1.94 bits per heavy atom. The highest BCUT2D eigenvalue weighted by Gasteiger charge is 2.07. The molecule has 0 spiro atoms. The first-order valence-corrected chi connectivity index (χ1v) is 6.73. The van der Waals surface area contributed by atoms with Crippen molar-refractivity contribution in [1.29, 1.82) is 0 Å². The molecule has 102 valence electrons. The van der Waals surface area contributed by atoms with E-state index < -0.39 is 0 Å². The molecule has 1 rings (SSSR count). The summed E-state index contributed by atoms with van der Waals surface area (Å²) in [5.74, 6) is 1.55. The van der Waals surface area contributed by atoms with E-state index in [1.165, 1.54) is 12.1 Å². The van der Waals surface area contributed by atoms with Crippen LogP contribution in [0.25, 0.3) is 0 Å². The Labute approximate surface area is 111 Å². The lowest BCUT2D eigenvalue weighted by Crippen LogP contribution is -2.31. The highest BCUT2D eigenvalue weighted by molar-refractivity contribution is 5.48. The molecule has 0 aliphatic heterocycles. The molecule has 0 amide bonds. The van der Waals surface area contributed by atoms with Gasteiger partial charge in [-0.2, -0.15) is 0 Å². The number of benzene rings is 1. The molecule has 1 N–H and O–H groups in total. The third-order valence-electron chi connectivity index (χ3n) is 3.02. The molecule has 1 atom stereocenters. The van der Waals surface area contributed by atoms with E-state index in [0.29, 0.717) is 5.92 Å². The fourth-order valence-corrected chi connectivity index (χ4v) is 2.00. The number of anilines is 1. The predicted octanol–water partition coefficient (Wildman–Crippen LogP) is 2.77. The summed E-state index contributed by atoms with van der Waals surface area (Å²) in [4.78, 5) is 2.29. The van der Waals surface area contributed by atoms with Gasteiger partial charge < -0.3 is 15.0 Å². The average molecular weight is 250 g/mol. The number of rotatable bonds is 8. The first-order chi connectivity index (χ1) is 8.67. The summed E-state index contributed by atoms with van der Waals surface area (Å²) in [7, 11) is 3.83. The van der Waals surface area contributed by atoms with Gasteiger partial charge in [-0.1, -0.05) is 13.8 Å². The molecule has 0 bridgehead atoms. The lowest BCUT2D eigenvalue weighted by atomic mass is 10.1. The van der Waals surface area contributed by atoms with E-state index in [1.54, 1.807) is 7.11 Å². The van der Waals surface area contributed by atoms with Gasteiger partial charge in [-0.3, -0.25) is 0 Å². The summed E-state index contributed by atoms with van der Waals surface area (Å²) in [5.41, 5.74) is 1.23. The monoisotopic (exact) mass is 250 g/mol. The molecule has 0 aliphatic rings. The van der Waals surface area contributed by atoms with Crippen molar-refractivity contribution in [2.75, 3.05) is 38.7 Å². The van der Waals surface area contributed by atoms with Gasteiger partial charge in [0.2, 0.25) is 0 Å². The number of methoxy groups -OCH3 is 1. The second-order valence-electron chi connectivity index (χ2n) is 4.89. The van der Waals surface area contributed by atoms with Crippen molar-refractivity contribution < 1.29 is 4.74 Å². The van der Waals surface area contributed by atoms with Gasteiger partial charge >= 0.3 is 0 Å². The molecule has 0 aromatic heterocycles. The SMILES string of the molecule is CCCNCC(C)CN(C)c1ccc(OC)cc1. The van der Waals surface area contributed by atoms with Crippen LogP contribution >= 0.6 is 0 Å². The van der Waals surface area contributed by atoms with Gasteiger partial charge in [-0.25, -0.2) is 0 Å². The van der Waals surface area contributed by atoms with Gasteiger partial charge in [0.15, 0.2) is 0 Å². The van der Waals surface area contributed by atoms with Gasteiger partial charge in [-0.05, 0) is 49.7 Å². The Morgan fingerprint density at radius 3 is 2.50 bits per heavy atom. The lowest BCUT2D eigenvalue weighted by molar-refractivity contribution is 0.415. The Morgan fingerprint density at radius 1 is 1.28 bits per heavy atom. The molecule has 0 aliphatic carbocycles. The molecule has 1 aromatic rings. The van der Waals surface area contributed by atoms with Crippen LogP contribution in [0.2, 0.25) is 0 Å². The molecule has 18 heavy (non-hydrogen) atoms. The van der Waals surface area contributed by atoms with E-state index in [0.717, 1.165) is 25.4 Å². The number of hydrogen-bond donors (Lipinski definition) is 1. The van der Waals surface area contributed by atoms with E-state index >= 15 is 0 Å². The van der Waals surface area contributed by atoms with Crippen LogP contribution in [0.4, 0.5) is 5.69 Å². The van der Waals surface area contributed by atoms with Gasteiger partial charge in [0, 0.05) is 19.3 Å². The first kappa shape index (κ1) is 14.8. The summed E-state index contributed by atoms with van der Waals surface area (Å²) in [6, 6.07) is 8.22. The standard InChI is InChI=1S/C15H26N2O/c1-5-10-16-11-13(2)12-17(3)14-6-8-15(18-4)9-7-14/h6-9,13,16H,5,10-12H2,1-4H3. The summed E-state index contributed by atoms with van der Waals surface area (Å²) < 4.78 is 5.17. The topological polar surface area (TPSA) is 24.5 Å². The van der Waals surface area contributed by atoms with E-state index in [4.69, 9.17) is 4.74 Å². The molecule has 0 heterocycles. The Bertz CT molecular complexity index is 324. The zero-order valence-electron chi connectivity index (χ0n) is 12.1. The molecule has 0 saturated carbocycles. The maximum absolute atomic E-state index is 5.17. The maximum Gasteiger partial charge on any atom is 0.119 e. The third kappa shape index (κ3) is 4.96. The Balaban J connectivity index is 2.40. The second-order valence-corrected chi connectivity index (χ2v) is 4.89. The molecule has 1 aromatic carbocycles. The number of ether oxygens (including phenoxy) is 1. The van der Waals surface area contributed by atoms with Crippen molar-refractivity contribution in [2.45, 2.75) is 20.3 Å². The largest absolute Gasteiger partial charge is 0.497 e. The number of nitrogens with one attached hydrogen (secondary N) is 1. The van der Waals surface area contributed by atoms with Crippen molar-refractivity contribution in [2.24, 2.45) is 5.92 Å². The van der Waals surface area contributed by atoms with Crippen molar-refractivity contribution in [3.63, 3.8) is 0 Å². The first-order valence-electron chi connectivity index (χ1n) is 6.73. The van der Waals surface area contributed by atoms with E-state index in [1.807, 2.05) is 12.1 Å². The second kappa shape index (κ2) is 7.98. The molecule has 0 saturated heterocycles. The zero-order chi connectivity index (χ0) is 13.4. The van der Waals surface area contributed by atoms with E-state index in [-0.39, 0.29) is 0 Å². The van der Waals surface area contributed by atoms with Crippen molar-refractivity contribution >= 4 is 5.69 Å². The summed E-state index contributed by atoms with van der Waals surface area (Å²) in [5, 5.41) is 3.46. The van der Waals surface area contributed by atoms with Crippen LogP contribution in [0.15, 0.2) is 24.3 Å². The maximum atomic E-state index is 5.17. The van der Waals surface area contributed by atoms with E-state index in [2.05, 4.69) is 43.2 Å². The molecule has 0 fully saturated rings. The summed E-state index contributed by atoms with van der Waals surface area (Å²) >= 11 is 0. The van der Waals surface area contributed by atoms with Gasteiger partial charge in [0.25, 0.3) is 0 Å². The van der Waals surface area contributed by atoms with Crippen LogP contribution < -0.4 is 15.0 Å². The van der Waals surface area contributed by atoms with E-state index in [9.17, 15) is 0 Å². The van der Waals surface area contributed by atoms with Crippen LogP contribution in [-0.2, 0) is 0 Å². The fourth-order valence-electron chi connectivity index (χ4n) is 2.00. The van der Waals surface area contributed by atoms with Crippen LogP contribution in [0.1, 0.15) is 20.3 Å². The minimum atomic E-state index is 0.642. The van der Waals surface area contributed by atoms with Crippen LogP contribution in [-0.4, -0.2) is 33.8 Å². The number of nitrogens with zero attached hydrogens (tertiary/aromatic N) is 1. The Kier molecular flexibility index (Phi) is 6.58. The summed E-state index contributed by atoms with van der Waals surface area (Å²) in [6.45, 7) is 7.72. The zero-order valence-corrected chi connectivity index (χ0v) is 12.1. The van der Waals surface area contributed by atoms with Crippen molar-refractivity contribution in [3.05, 3.63) is 24.3 Å². The Hall–Kier alpha value is -1.22. The fraction of sp³-hybridized carbons (Fsp3) is 0.600. The van der Waals surface area contributed by atoms with Crippen LogP contribution in [0.5, 0.6) is 5.75 Å². The number of hydrogen-bond acceptors (Lipinski definition) is 3. The molecule has 3 heteroatoms. The average Bonchev–Trinajstić information content (AvgIpc) is 2.39. The van der Waals surface area contributed by atoms with Crippen molar-refractivity contribution in [1.82, 2.24) is 5.32 Å². The highest BCUT2D eigenvalue weighted by Crippen LogP contribution is 2.18. The molecule has 0 radical (unpaired) electrons. The van der Waals surface area contributed by atoms with Gasteiger partial charge in [0.1, 0.15) is 5.75 Å². The van der Waals surface area contributed by atoms with Gasteiger partial charge in [-0.15, -0.1) is 0 Å². The minimum Gasteiger partial charge on any atom is -0.497 e. The van der Waals surface area contributed by atoms with Crippen LogP contribution in [0, 0.1) is 5.92 Å². The van der Waals surface area contributed by atoms with Crippen molar-refractivity contribution in [3.8, 4) is 5.75 Å². The molecule has 1 unspecified atom stereocenters. The minimum absolute atomic E-state index is 0.642. The summed E-state index contributed by atoms with van der Waals surface area (Å²) in [6.07, 6.45) is 1.20. The highest BCUT2D eigenvalue weighted by atomic mass is 16.5. The molecular weight excluding hydrogens is 224 g/mol. The normalized spacial score (nSPS) is 12.2. The van der Waals surface area contributed by atoms with Crippen LogP contribution in [0.3, 0.4) is 0 Å². The quantitative estimate of drug-likeness (QED) is 0.718.